The van der Waals surface area contributed by atoms with Gasteiger partial charge in [0.1, 0.15) is 0 Å². The van der Waals surface area contributed by atoms with Gasteiger partial charge in [-0.1, -0.05) is 30.7 Å². The van der Waals surface area contributed by atoms with Crippen molar-refractivity contribution in [3.05, 3.63) is 83.9 Å². The Hall–Kier alpha value is -3.37. The molecule has 174 valence electrons. The summed E-state index contributed by atoms with van der Waals surface area (Å²) in [5.41, 5.74) is 2.41. The lowest BCUT2D eigenvalue weighted by Gasteiger charge is -2.11. The lowest BCUT2D eigenvalue weighted by molar-refractivity contribution is 0.102. The van der Waals surface area contributed by atoms with Crippen molar-refractivity contribution in [2.75, 3.05) is 20.5 Å². The fourth-order valence-corrected chi connectivity index (χ4v) is 5.20. The van der Waals surface area contributed by atoms with Gasteiger partial charge in [0.15, 0.2) is 0 Å². The molecule has 0 aliphatic carbocycles. The molecule has 3 aromatic carbocycles. The summed E-state index contributed by atoms with van der Waals surface area (Å²) in [6.07, 6.45) is 0.499. The Morgan fingerprint density at radius 1 is 0.788 bits per heavy atom. The van der Waals surface area contributed by atoms with Crippen molar-refractivity contribution in [2.24, 2.45) is 0 Å². The number of carbonyl (C=O) groups excluding carboxylic acids is 1. The molecule has 0 atom stereocenters. The van der Waals surface area contributed by atoms with Crippen LogP contribution < -0.4 is 14.8 Å². The molecule has 0 unspecified atom stereocenters. The molecule has 0 heterocycles. The second-order valence-corrected chi connectivity index (χ2v) is 11.0. The van der Waals surface area contributed by atoms with E-state index in [1.54, 1.807) is 43.3 Å². The number of nitrogens with one attached hydrogen (secondary N) is 3. The highest BCUT2D eigenvalue weighted by molar-refractivity contribution is 7.93. The van der Waals surface area contributed by atoms with E-state index < -0.39 is 26.0 Å². The molecular weight excluding hydrogens is 462 g/mol. The molecule has 0 aliphatic heterocycles. The van der Waals surface area contributed by atoms with E-state index in [2.05, 4.69) is 14.8 Å². The van der Waals surface area contributed by atoms with Gasteiger partial charge < -0.3 is 5.32 Å². The highest BCUT2D eigenvalue weighted by Gasteiger charge is 2.17. The number of sulfonamides is 2. The second-order valence-electron chi connectivity index (χ2n) is 7.45. The fraction of sp³-hybridized carbons (Fsp3) is 0.174. The van der Waals surface area contributed by atoms with Crippen molar-refractivity contribution in [2.45, 2.75) is 25.2 Å². The van der Waals surface area contributed by atoms with Gasteiger partial charge in [-0.25, -0.2) is 16.8 Å². The van der Waals surface area contributed by atoms with Gasteiger partial charge in [0.05, 0.1) is 10.6 Å². The zero-order chi connectivity index (χ0) is 24.1. The van der Waals surface area contributed by atoms with Crippen LogP contribution in [0.2, 0.25) is 0 Å². The van der Waals surface area contributed by atoms with E-state index in [-0.39, 0.29) is 16.2 Å². The van der Waals surface area contributed by atoms with E-state index in [1.807, 2.05) is 6.92 Å². The monoisotopic (exact) mass is 487 g/mol. The summed E-state index contributed by atoms with van der Waals surface area (Å²) < 4.78 is 54.1. The summed E-state index contributed by atoms with van der Waals surface area (Å²) in [5.74, 6) is -0.481. The molecule has 0 fully saturated rings. The maximum Gasteiger partial charge on any atom is 0.261 e. The normalized spacial score (nSPS) is 11.6. The summed E-state index contributed by atoms with van der Waals surface area (Å²) in [6.45, 7) is 3.68. The minimum absolute atomic E-state index is 0.0174. The summed E-state index contributed by atoms with van der Waals surface area (Å²) in [4.78, 5) is 12.6. The molecule has 8 nitrogen and oxygen atoms in total. The van der Waals surface area contributed by atoms with Gasteiger partial charge in [-0.15, -0.1) is 0 Å². The third-order valence-corrected chi connectivity index (χ3v) is 7.47. The quantitative estimate of drug-likeness (QED) is 0.418. The van der Waals surface area contributed by atoms with Gasteiger partial charge in [-0.2, -0.15) is 0 Å². The Balaban J connectivity index is 1.71. The SMILES string of the molecule is CCCS(=O)(=O)Nc1ccc(NC(=O)c2cccc(S(=O)(=O)Nc3ccc(C)cc3)c2)cc1. The Morgan fingerprint density at radius 3 is 2.00 bits per heavy atom. The number of hydrogen-bond donors (Lipinski definition) is 3. The van der Waals surface area contributed by atoms with Crippen LogP contribution in [-0.2, 0) is 20.0 Å². The lowest BCUT2D eigenvalue weighted by atomic mass is 10.2. The standard InChI is InChI=1S/C23H25N3O5S2/c1-3-15-32(28,29)25-20-13-11-19(12-14-20)24-23(27)18-5-4-6-22(16-18)33(30,31)26-21-9-7-17(2)8-10-21/h4-14,16,25-26H,3,15H2,1-2H3,(H,24,27). The van der Waals surface area contributed by atoms with Gasteiger partial charge in [0.2, 0.25) is 10.0 Å². The van der Waals surface area contributed by atoms with E-state index in [1.165, 1.54) is 36.4 Å². The molecule has 0 saturated heterocycles. The number of benzene rings is 3. The van der Waals surface area contributed by atoms with Gasteiger partial charge in [0.25, 0.3) is 15.9 Å². The summed E-state index contributed by atoms with van der Waals surface area (Å²) in [5, 5.41) is 2.68. The maximum absolute atomic E-state index is 12.7. The second kappa shape index (κ2) is 10.1. The zero-order valence-electron chi connectivity index (χ0n) is 18.2. The average Bonchev–Trinajstić information content (AvgIpc) is 2.76. The van der Waals surface area contributed by atoms with Gasteiger partial charge in [-0.3, -0.25) is 14.2 Å². The first kappa shape index (κ1) is 24.3. The fourth-order valence-electron chi connectivity index (χ4n) is 2.96. The zero-order valence-corrected chi connectivity index (χ0v) is 19.8. The first-order valence-corrected chi connectivity index (χ1v) is 13.3. The maximum atomic E-state index is 12.7. The van der Waals surface area contributed by atoms with Crippen LogP contribution in [0.3, 0.4) is 0 Å². The Labute approximate surface area is 194 Å². The van der Waals surface area contributed by atoms with Crippen LogP contribution in [0.4, 0.5) is 17.1 Å². The van der Waals surface area contributed by atoms with E-state index in [0.29, 0.717) is 23.5 Å². The molecular formula is C23H25N3O5S2. The first-order chi connectivity index (χ1) is 15.6. The van der Waals surface area contributed by atoms with Crippen LogP contribution >= 0.6 is 0 Å². The van der Waals surface area contributed by atoms with Crippen LogP contribution in [-0.4, -0.2) is 28.5 Å². The number of anilines is 3. The molecule has 1 amide bonds. The third kappa shape index (κ3) is 6.80. The minimum Gasteiger partial charge on any atom is -0.322 e. The Kier molecular flexibility index (Phi) is 7.39. The topological polar surface area (TPSA) is 121 Å². The number of rotatable bonds is 9. The highest BCUT2D eigenvalue weighted by Crippen LogP contribution is 2.20. The molecule has 0 bridgehead atoms. The number of aryl methyl sites for hydroxylation is 1. The molecule has 0 saturated carbocycles. The molecule has 3 rings (SSSR count). The lowest BCUT2D eigenvalue weighted by Crippen LogP contribution is -2.17. The van der Waals surface area contributed by atoms with Crippen molar-refractivity contribution in [1.82, 2.24) is 0 Å². The molecule has 0 aliphatic rings. The largest absolute Gasteiger partial charge is 0.322 e. The van der Waals surface area contributed by atoms with E-state index in [4.69, 9.17) is 0 Å². The summed E-state index contributed by atoms with van der Waals surface area (Å²) >= 11 is 0. The van der Waals surface area contributed by atoms with Gasteiger partial charge in [0, 0.05) is 22.6 Å². The van der Waals surface area contributed by atoms with Crippen LogP contribution in [0.5, 0.6) is 0 Å². The van der Waals surface area contributed by atoms with E-state index in [0.717, 1.165) is 5.56 Å². The summed E-state index contributed by atoms with van der Waals surface area (Å²) in [6, 6.07) is 18.8. The van der Waals surface area contributed by atoms with Crippen LogP contribution in [0.15, 0.2) is 77.7 Å². The molecule has 0 aromatic heterocycles. The molecule has 3 aromatic rings. The molecule has 33 heavy (non-hydrogen) atoms. The average molecular weight is 488 g/mol. The number of hydrogen-bond acceptors (Lipinski definition) is 5. The predicted molar refractivity (Wildman–Crippen MR) is 131 cm³/mol. The smallest absolute Gasteiger partial charge is 0.261 e. The van der Waals surface area contributed by atoms with Crippen molar-refractivity contribution in [1.29, 1.82) is 0 Å². The van der Waals surface area contributed by atoms with Crippen molar-refractivity contribution >= 4 is 43.0 Å². The van der Waals surface area contributed by atoms with Gasteiger partial charge in [-0.05, 0) is 67.9 Å². The van der Waals surface area contributed by atoms with Crippen LogP contribution in [0.25, 0.3) is 0 Å². The third-order valence-electron chi connectivity index (χ3n) is 4.60. The minimum atomic E-state index is -3.88. The molecule has 10 heteroatoms. The first-order valence-electron chi connectivity index (χ1n) is 10.2. The predicted octanol–water partition coefficient (Wildman–Crippen LogP) is 4.20. The molecule has 3 N–H and O–H groups in total. The van der Waals surface area contributed by atoms with Crippen molar-refractivity contribution in [3.8, 4) is 0 Å². The van der Waals surface area contributed by atoms with E-state index in [9.17, 15) is 21.6 Å². The van der Waals surface area contributed by atoms with Crippen LogP contribution in [0.1, 0.15) is 29.3 Å². The molecule has 0 spiro atoms. The summed E-state index contributed by atoms with van der Waals surface area (Å²) in [7, 11) is -7.29. The van der Waals surface area contributed by atoms with Crippen LogP contribution in [0, 0.1) is 6.92 Å². The number of carbonyl (C=O) groups is 1. The highest BCUT2D eigenvalue weighted by atomic mass is 32.2. The Bertz CT molecular complexity index is 1340. The van der Waals surface area contributed by atoms with Gasteiger partial charge >= 0.3 is 0 Å². The van der Waals surface area contributed by atoms with Crippen molar-refractivity contribution < 1.29 is 21.6 Å². The Morgan fingerprint density at radius 2 is 1.36 bits per heavy atom. The van der Waals surface area contributed by atoms with E-state index >= 15 is 0 Å². The molecule has 0 radical (unpaired) electrons. The van der Waals surface area contributed by atoms with Crippen molar-refractivity contribution in [3.63, 3.8) is 0 Å². The number of amides is 1.